The molecule has 0 bridgehead atoms. The van der Waals surface area contributed by atoms with Crippen molar-refractivity contribution in [2.45, 2.75) is 64.3 Å². The molecule has 1 aliphatic carbocycles. The summed E-state index contributed by atoms with van der Waals surface area (Å²) in [5.74, 6) is -2.48. The lowest BCUT2D eigenvalue weighted by atomic mass is 10.1. The van der Waals surface area contributed by atoms with Gasteiger partial charge < -0.3 is 23.7 Å². The number of hydrogen-bond acceptors (Lipinski definition) is 9. The molecule has 2 unspecified atom stereocenters. The van der Waals surface area contributed by atoms with E-state index in [2.05, 4.69) is 0 Å². The number of carbonyl (C=O) groups is 4. The predicted molar refractivity (Wildman–Crippen MR) is 70.6 cm³/mol. The van der Waals surface area contributed by atoms with Gasteiger partial charge in [-0.1, -0.05) is 0 Å². The van der Waals surface area contributed by atoms with Crippen molar-refractivity contribution in [1.82, 2.24) is 0 Å². The van der Waals surface area contributed by atoms with Crippen molar-refractivity contribution < 1.29 is 42.9 Å². The molecule has 1 heterocycles. The van der Waals surface area contributed by atoms with E-state index < -0.39 is 54.1 Å². The van der Waals surface area contributed by atoms with Gasteiger partial charge in [0.15, 0.2) is 11.7 Å². The number of carbonyl (C=O) groups excluding carboxylic acids is 4. The largest absolute Gasteiger partial charge is 0.459 e. The summed E-state index contributed by atoms with van der Waals surface area (Å²) in [4.78, 5) is 45.0. The van der Waals surface area contributed by atoms with Gasteiger partial charge in [0, 0.05) is 34.1 Å². The molecule has 0 aromatic carbocycles. The van der Waals surface area contributed by atoms with E-state index in [1.54, 1.807) is 0 Å². The van der Waals surface area contributed by atoms with E-state index in [9.17, 15) is 19.2 Å². The van der Waals surface area contributed by atoms with Crippen molar-refractivity contribution in [1.29, 1.82) is 0 Å². The molecular weight excluding hydrogens is 312 g/mol. The van der Waals surface area contributed by atoms with Crippen LogP contribution in [-0.2, 0) is 42.9 Å². The molecule has 0 N–H and O–H groups in total. The maximum absolute atomic E-state index is 11.4. The lowest BCUT2D eigenvalue weighted by Crippen LogP contribution is -2.42. The highest BCUT2D eigenvalue weighted by molar-refractivity contribution is 5.69. The number of hydrogen-bond donors (Lipinski definition) is 0. The summed E-state index contributed by atoms with van der Waals surface area (Å²) in [5.41, 5.74) is -1.18. The van der Waals surface area contributed by atoms with Crippen molar-refractivity contribution in [3.05, 3.63) is 0 Å². The fraction of sp³-hybridized carbons (Fsp3) is 0.714. The third-order valence-corrected chi connectivity index (χ3v) is 3.46. The second-order valence-electron chi connectivity index (χ2n) is 5.46. The molecule has 1 saturated carbocycles. The lowest BCUT2D eigenvalue weighted by molar-refractivity contribution is -0.198. The second kappa shape index (κ2) is 6.15. The average Bonchev–Trinajstić information content (AvgIpc) is 2.97. The van der Waals surface area contributed by atoms with Crippen LogP contribution in [0, 0.1) is 0 Å². The van der Waals surface area contributed by atoms with E-state index in [0.717, 1.165) is 13.8 Å². The van der Waals surface area contributed by atoms with Gasteiger partial charge in [0.25, 0.3) is 0 Å². The molecule has 0 aromatic heterocycles. The van der Waals surface area contributed by atoms with Crippen molar-refractivity contribution >= 4 is 23.9 Å². The van der Waals surface area contributed by atoms with Crippen molar-refractivity contribution in [2.75, 3.05) is 0 Å². The summed E-state index contributed by atoms with van der Waals surface area (Å²) in [7, 11) is 0. The highest BCUT2D eigenvalue weighted by atomic mass is 16.8. The van der Waals surface area contributed by atoms with E-state index in [0.29, 0.717) is 0 Å². The first-order valence-corrected chi connectivity index (χ1v) is 7.02. The first-order valence-electron chi connectivity index (χ1n) is 7.02. The second-order valence-corrected chi connectivity index (χ2v) is 5.46. The molecule has 0 amide bonds. The monoisotopic (exact) mass is 330 g/mol. The van der Waals surface area contributed by atoms with Crippen molar-refractivity contribution in [3.8, 4) is 0 Å². The summed E-state index contributed by atoms with van der Waals surface area (Å²) < 4.78 is 26.0. The normalized spacial score (nSPS) is 34.6. The highest BCUT2D eigenvalue weighted by Crippen LogP contribution is 2.54. The first kappa shape index (κ1) is 17.2. The van der Waals surface area contributed by atoms with Crippen LogP contribution < -0.4 is 0 Å². The molecule has 2 rings (SSSR count). The van der Waals surface area contributed by atoms with Gasteiger partial charge in [-0.25, -0.2) is 0 Å². The predicted octanol–water partition coefficient (Wildman–Crippen LogP) is -0.157. The minimum absolute atomic E-state index is 0.236. The van der Waals surface area contributed by atoms with Gasteiger partial charge in [-0.05, 0) is 0 Å². The maximum Gasteiger partial charge on any atom is 0.305 e. The number of rotatable bonds is 4. The lowest BCUT2D eigenvalue weighted by Gasteiger charge is -2.22. The van der Waals surface area contributed by atoms with Crippen LogP contribution in [0.3, 0.4) is 0 Å². The molecule has 2 fully saturated rings. The molecule has 23 heavy (non-hydrogen) atoms. The highest BCUT2D eigenvalue weighted by Gasteiger charge is 2.74. The summed E-state index contributed by atoms with van der Waals surface area (Å²) >= 11 is 0. The van der Waals surface area contributed by atoms with Gasteiger partial charge in [-0.3, -0.25) is 19.2 Å². The molecule has 0 radical (unpaired) electrons. The van der Waals surface area contributed by atoms with Crippen LogP contribution in [-0.4, -0.2) is 54.1 Å². The van der Waals surface area contributed by atoms with Crippen LogP contribution in [0.5, 0.6) is 0 Å². The fourth-order valence-electron chi connectivity index (χ4n) is 2.68. The Morgan fingerprint density at radius 1 is 0.826 bits per heavy atom. The van der Waals surface area contributed by atoms with Crippen molar-refractivity contribution in [3.63, 3.8) is 0 Å². The molecule has 0 aromatic rings. The summed E-state index contributed by atoms with van der Waals surface area (Å²) in [5, 5.41) is 0. The van der Waals surface area contributed by atoms with Gasteiger partial charge in [0.05, 0.1) is 0 Å². The minimum Gasteiger partial charge on any atom is -0.459 e. The topological polar surface area (TPSA) is 114 Å². The van der Waals surface area contributed by atoms with E-state index in [4.69, 9.17) is 23.7 Å². The molecule has 5 atom stereocenters. The summed E-state index contributed by atoms with van der Waals surface area (Å²) in [6, 6.07) is 0. The van der Waals surface area contributed by atoms with Gasteiger partial charge >= 0.3 is 23.9 Å². The molecule has 9 heteroatoms. The molecule has 1 aliphatic heterocycles. The Bertz CT molecular complexity index is 542. The van der Waals surface area contributed by atoms with Gasteiger partial charge in [-0.15, -0.1) is 0 Å². The standard InChI is InChI=1S/C14H18O9/c1-6(15)19-10-5-14(10)12(21-8(3)17)11(20-7(2)16)13(23-14)22-9(4)18/h10-13H,5H2,1-4H3/t10?,11-,12+,13-,14?/m1/s1. The Morgan fingerprint density at radius 2 is 1.35 bits per heavy atom. The Morgan fingerprint density at radius 3 is 1.83 bits per heavy atom. The molecule has 128 valence electrons. The van der Waals surface area contributed by atoms with Crippen LogP contribution in [0.15, 0.2) is 0 Å². The average molecular weight is 330 g/mol. The van der Waals surface area contributed by atoms with E-state index in [1.165, 1.54) is 13.8 Å². The van der Waals surface area contributed by atoms with E-state index in [1.807, 2.05) is 0 Å². The maximum atomic E-state index is 11.4. The zero-order valence-corrected chi connectivity index (χ0v) is 13.2. The molecular formula is C14H18O9. The van der Waals surface area contributed by atoms with Gasteiger partial charge in [0.1, 0.15) is 6.10 Å². The van der Waals surface area contributed by atoms with Crippen LogP contribution in [0.25, 0.3) is 0 Å². The third-order valence-electron chi connectivity index (χ3n) is 3.46. The van der Waals surface area contributed by atoms with Crippen LogP contribution >= 0.6 is 0 Å². The SMILES string of the molecule is CC(=O)OC1CC12O[C@@H](OC(C)=O)[C@H](OC(C)=O)[C@@H]2OC(C)=O. The van der Waals surface area contributed by atoms with Crippen LogP contribution in [0.1, 0.15) is 34.1 Å². The Kier molecular flexibility index (Phi) is 4.60. The van der Waals surface area contributed by atoms with E-state index in [-0.39, 0.29) is 6.42 Å². The molecule has 1 spiro atoms. The Balaban J connectivity index is 2.27. The Hall–Kier alpha value is -2.16. The smallest absolute Gasteiger partial charge is 0.305 e. The first-order chi connectivity index (χ1) is 10.7. The molecule has 1 saturated heterocycles. The van der Waals surface area contributed by atoms with Crippen molar-refractivity contribution in [2.24, 2.45) is 0 Å². The third kappa shape index (κ3) is 3.61. The minimum atomic E-state index is -1.25. The summed E-state index contributed by atoms with van der Waals surface area (Å²) in [6.45, 7) is 4.74. The fourth-order valence-corrected chi connectivity index (χ4v) is 2.68. The molecule has 2 aliphatic rings. The zero-order chi connectivity index (χ0) is 17.4. The Labute approximate surface area is 132 Å². The van der Waals surface area contributed by atoms with Gasteiger partial charge in [-0.2, -0.15) is 0 Å². The van der Waals surface area contributed by atoms with Crippen LogP contribution in [0.4, 0.5) is 0 Å². The number of esters is 4. The summed E-state index contributed by atoms with van der Waals surface area (Å²) in [6.07, 6.45) is -3.87. The molecule has 9 nitrogen and oxygen atoms in total. The van der Waals surface area contributed by atoms with Gasteiger partial charge in [0.2, 0.25) is 12.4 Å². The van der Waals surface area contributed by atoms with Crippen LogP contribution in [0.2, 0.25) is 0 Å². The quantitative estimate of drug-likeness (QED) is 0.512. The van der Waals surface area contributed by atoms with E-state index >= 15 is 0 Å². The zero-order valence-electron chi connectivity index (χ0n) is 13.2. The number of ether oxygens (including phenoxy) is 5.